The van der Waals surface area contributed by atoms with Crippen LogP contribution in [0.15, 0.2) is 30.3 Å². The molecule has 4 nitrogen and oxygen atoms in total. The van der Waals surface area contributed by atoms with E-state index in [1.807, 2.05) is 52.9 Å². The summed E-state index contributed by atoms with van der Waals surface area (Å²) < 4.78 is 5.65. The molecule has 0 spiro atoms. The van der Waals surface area contributed by atoms with Crippen molar-refractivity contribution >= 4 is 22.6 Å². The normalized spacial score (nSPS) is 9.47. The highest BCUT2D eigenvalue weighted by Gasteiger charge is 2.20. The minimum Gasteiger partial charge on any atom is -0.480 e. The summed E-state index contributed by atoms with van der Waals surface area (Å²) >= 11 is 1.97. The SMILES string of the molecule is COc1nc(I)c(C#N)c(-c2ccccc2)c1C#N. The lowest BCUT2D eigenvalue weighted by Gasteiger charge is -2.11. The Labute approximate surface area is 124 Å². The second-order valence-electron chi connectivity index (χ2n) is 3.63. The zero-order chi connectivity index (χ0) is 13.8. The molecule has 0 N–H and O–H groups in total. The summed E-state index contributed by atoms with van der Waals surface area (Å²) in [6.07, 6.45) is 0. The Morgan fingerprint density at radius 3 is 2.26 bits per heavy atom. The fourth-order valence-corrected chi connectivity index (χ4v) is 2.39. The predicted molar refractivity (Wildman–Crippen MR) is 78.4 cm³/mol. The maximum atomic E-state index is 9.32. The molecule has 2 aromatic rings. The first kappa shape index (κ1) is 13.3. The van der Waals surface area contributed by atoms with Gasteiger partial charge in [-0.3, -0.25) is 0 Å². The van der Waals surface area contributed by atoms with Crippen LogP contribution in [0.25, 0.3) is 11.1 Å². The van der Waals surface area contributed by atoms with Gasteiger partial charge in [0.1, 0.15) is 21.4 Å². The van der Waals surface area contributed by atoms with E-state index >= 15 is 0 Å². The molecule has 0 aliphatic carbocycles. The molecule has 2 rings (SSSR count). The minimum absolute atomic E-state index is 0.241. The first-order valence-electron chi connectivity index (χ1n) is 5.36. The summed E-state index contributed by atoms with van der Waals surface area (Å²) in [5.74, 6) is 0.241. The number of nitrogens with zero attached hydrogens (tertiary/aromatic N) is 3. The third-order valence-electron chi connectivity index (χ3n) is 2.60. The molecule has 0 atom stereocenters. The van der Waals surface area contributed by atoms with Gasteiger partial charge in [-0.15, -0.1) is 0 Å². The fraction of sp³-hybridized carbons (Fsp3) is 0.0714. The van der Waals surface area contributed by atoms with Gasteiger partial charge in [0.2, 0.25) is 5.88 Å². The van der Waals surface area contributed by atoms with Gasteiger partial charge in [-0.2, -0.15) is 10.5 Å². The molecular weight excluding hydrogens is 353 g/mol. The molecule has 19 heavy (non-hydrogen) atoms. The minimum atomic E-state index is 0.241. The van der Waals surface area contributed by atoms with E-state index in [4.69, 9.17) is 4.74 Å². The van der Waals surface area contributed by atoms with Crippen molar-refractivity contribution in [3.63, 3.8) is 0 Å². The van der Waals surface area contributed by atoms with Crippen LogP contribution in [0.3, 0.4) is 0 Å². The summed E-state index contributed by atoms with van der Waals surface area (Å²) in [5, 5.41) is 18.6. The van der Waals surface area contributed by atoms with Crippen molar-refractivity contribution in [1.29, 1.82) is 10.5 Å². The van der Waals surface area contributed by atoms with Crippen molar-refractivity contribution < 1.29 is 4.74 Å². The average Bonchev–Trinajstić information content (AvgIpc) is 2.46. The standard InChI is InChI=1S/C14H8IN3O/c1-19-14-11(8-17)12(9-5-3-2-4-6-9)10(7-16)13(15)18-14/h2-6H,1H3. The van der Waals surface area contributed by atoms with Gasteiger partial charge in [0.05, 0.1) is 12.7 Å². The number of pyridine rings is 1. The average molecular weight is 361 g/mol. The molecular formula is C14H8IN3O. The predicted octanol–water partition coefficient (Wildman–Crippen LogP) is 3.11. The second kappa shape index (κ2) is 5.68. The van der Waals surface area contributed by atoms with Gasteiger partial charge >= 0.3 is 0 Å². The first-order valence-corrected chi connectivity index (χ1v) is 6.44. The van der Waals surface area contributed by atoms with Crippen molar-refractivity contribution in [2.75, 3.05) is 7.11 Å². The highest BCUT2D eigenvalue weighted by Crippen LogP contribution is 2.34. The molecule has 1 aromatic carbocycles. The van der Waals surface area contributed by atoms with Crippen LogP contribution < -0.4 is 4.74 Å². The van der Waals surface area contributed by atoms with E-state index in [1.54, 1.807) is 0 Å². The van der Waals surface area contributed by atoms with Crippen LogP contribution >= 0.6 is 22.6 Å². The highest BCUT2D eigenvalue weighted by atomic mass is 127. The van der Waals surface area contributed by atoms with E-state index in [0.29, 0.717) is 14.8 Å². The van der Waals surface area contributed by atoms with E-state index in [1.165, 1.54) is 7.11 Å². The van der Waals surface area contributed by atoms with Crippen LogP contribution in [-0.2, 0) is 0 Å². The van der Waals surface area contributed by atoms with Crippen molar-refractivity contribution in [3.05, 3.63) is 45.2 Å². The van der Waals surface area contributed by atoms with E-state index in [-0.39, 0.29) is 11.4 Å². The molecule has 0 fully saturated rings. The molecule has 1 heterocycles. The number of hydrogen-bond donors (Lipinski definition) is 0. The van der Waals surface area contributed by atoms with Crippen LogP contribution in [0.2, 0.25) is 0 Å². The molecule has 0 saturated heterocycles. The van der Waals surface area contributed by atoms with Crippen molar-refractivity contribution in [3.8, 4) is 29.1 Å². The number of aromatic nitrogens is 1. The van der Waals surface area contributed by atoms with Crippen molar-refractivity contribution in [2.24, 2.45) is 0 Å². The number of ether oxygens (including phenoxy) is 1. The molecule has 1 aromatic heterocycles. The summed E-state index contributed by atoms with van der Waals surface area (Å²) in [7, 11) is 1.46. The summed E-state index contributed by atoms with van der Waals surface area (Å²) in [6.45, 7) is 0. The molecule has 0 radical (unpaired) electrons. The number of rotatable bonds is 2. The third-order valence-corrected chi connectivity index (χ3v) is 3.38. The van der Waals surface area contributed by atoms with E-state index in [2.05, 4.69) is 17.1 Å². The monoisotopic (exact) mass is 361 g/mol. The van der Waals surface area contributed by atoms with E-state index < -0.39 is 0 Å². The number of hydrogen-bond acceptors (Lipinski definition) is 4. The van der Waals surface area contributed by atoms with Crippen LogP contribution in [0, 0.1) is 26.4 Å². The lowest BCUT2D eigenvalue weighted by atomic mass is 9.97. The molecule has 5 heteroatoms. The molecule has 0 aliphatic rings. The molecule has 0 unspecified atom stereocenters. The zero-order valence-electron chi connectivity index (χ0n) is 10.0. The quantitative estimate of drug-likeness (QED) is 0.609. The number of benzene rings is 1. The zero-order valence-corrected chi connectivity index (χ0v) is 12.2. The Balaban J connectivity index is 2.88. The highest BCUT2D eigenvalue weighted by molar-refractivity contribution is 14.1. The smallest absolute Gasteiger partial charge is 0.233 e. The maximum absolute atomic E-state index is 9.32. The molecule has 0 saturated carbocycles. The number of methoxy groups -OCH3 is 1. The Bertz CT molecular complexity index is 699. The van der Waals surface area contributed by atoms with Crippen molar-refractivity contribution in [2.45, 2.75) is 0 Å². The van der Waals surface area contributed by atoms with Gasteiger partial charge in [0.15, 0.2) is 0 Å². The Hall–Kier alpha value is -2.12. The Morgan fingerprint density at radius 2 is 1.74 bits per heavy atom. The number of halogens is 1. The van der Waals surface area contributed by atoms with E-state index in [9.17, 15) is 10.5 Å². The summed E-state index contributed by atoms with van der Waals surface area (Å²) in [4.78, 5) is 4.14. The molecule has 92 valence electrons. The van der Waals surface area contributed by atoms with Gasteiger partial charge in [-0.25, -0.2) is 4.98 Å². The summed E-state index contributed by atoms with van der Waals surface area (Å²) in [5.41, 5.74) is 2.05. The van der Waals surface area contributed by atoms with Crippen molar-refractivity contribution in [1.82, 2.24) is 4.98 Å². The lowest BCUT2D eigenvalue weighted by molar-refractivity contribution is 0.395. The van der Waals surface area contributed by atoms with Crippen LogP contribution in [0.5, 0.6) is 5.88 Å². The molecule has 0 bridgehead atoms. The summed E-state index contributed by atoms with van der Waals surface area (Å²) in [6, 6.07) is 13.5. The molecule has 0 aliphatic heterocycles. The Kier molecular flexibility index (Phi) is 3.98. The largest absolute Gasteiger partial charge is 0.480 e. The third kappa shape index (κ3) is 2.38. The number of nitriles is 2. The second-order valence-corrected chi connectivity index (χ2v) is 4.65. The van der Waals surface area contributed by atoms with Gasteiger partial charge in [0.25, 0.3) is 0 Å². The van der Waals surface area contributed by atoms with Crippen LogP contribution in [0.4, 0.5) is 0 Å². The van der Waals surface area contributed by atoms with Crippen LogP contribution in [-0.4, -0.2) is 12.1 Å². The van der Waals surface area contributed by atoms with Gasteiger partial charge in [0, 0.05) is 5.56 Å². The van der Waals surface area contributed by atoms with Gasteiger partial charge < -0.3 is 4.74 Å². The maximum Gasteiger partial charge on any atom is 0.233 e. The Morgan fingerprint density at radius 1 is 1.11 bits per heavy atom. The van der Waals surface area contributed by atoms with Gasteiger partial charge in [-0.1, -0.05) is 30.3 Å². The van der Waals surface area contributed by atoms with E-state index in [0.717, 1.165) is 5.56 Å². The molecule has 0 amide bonds. The first-order chi connectivity index (χ1) is 9.22. The lowest BCUT2D eigenvalue weighted by Crippen LogP contribution is -2.01. The van der Waals surface area contributed by atoms with Crippen LogP contribution in [0.1, 0.15) is 11.1 Å². The fourth-order valence-electron chi connectivity index (χ4n) is 1.78. The topological polar surface area (TPSA) is 69.7 Å². The van der Waals surface area contributed by atoms with Gasteiger partial charge in [-0.05, 0) is 28.2 Å².